The van der Waals surface area contributed by atoms with Crippen LogP contribution in [0.25, 0.3) is 0 Å². The highest BCUT2D eigenvalue weighted by molar-refractivity contribution is 9.11. The number of hydrogen-bond acceptors (Lipinski definition) is 5. The van der Waals surface area contributed by atoms with Gasteiger partial charge in [0, 0.05) is 20.7 Å². The van der Waals surface area contributed by atoms with Crippen LogP contribution in [0, 0.1) is 20.2 Å². The van der Waals surface area contributed by atoms with Gasteiger partial charge in [0.2, 0.25) is 0 Å². The minimum atomic E-state index is -5.24. The number of alkyl halides is 6. The Bertz CT molecular complexity index is 987. The molecular weight excluding hydrogens is 548 g/mol. The van der Waals surface area contributed by atoms with E-state index < -0.39 is 59.3 Å². The van der Waals surface area contributed by atoms with Crippen molar-refractivity contribution in [1.29, 1.82) is 0 Å². The van der Waals surface area contributed by atoms with E-state index in [9.17, 15) is 46.6 Å². The smallest absolute Gasteiger partial charge is 0.349 e. The largest absolute Gasteiger partial charge is 0.418 e. The number of hydrogen-bond donors (Lipinski definition) is 1. The number of nitro groups is 2. The van der Waals surface area contributed by atoms with E-state index in [1.54, 1.807) is 0 Å². The summed E-state index contributed by atoms with van der Waals surface area (Å²) in [5.74, 6) is 0. The van der Waals surface area contributed by atoms with Gasteiger partial charge in [0.15, 0.2) is 0 Å². The van der Waals surface area contributed by atoms with Gasteiger partial charge in [-0.25, -0.2) is 0 Å². The van der Waals surface area contributed by atoms with Crippen LogP contribution in [0.5, 0.6) is 0 Å². The summed E-state index contributed by atoms with van der Waals surface area (Å²) in [6, 6.07) is 1.92. The minimum Gasteiger partial charge on any atom is -0.349 e. The molecule has 0 aliphatic heterocycles. The molecule has 1 N–H and O–H groups in total. The van der Waals surface area contributed by atoms with Gasteiger partial charge in [0.05, 0.1) is 27.0 Å². The molecule has 0 fully saturated rings. The van der Waals surface area contributed by atoms with Crippen LogP contribution in [0.2, 0.25) is 0 Å². The Hall–Kier alpha value is -2.42. The van der Waals surface area contributed by atoms with Gasteiger partial charge in [-0.1, -0.05) is 31.9 Å². The number of rotatable bonds is 4. The van der Waals surface area contributed by atoms with Gasteiger partial charge in [-0.15, -0.1) is 0 Å². The van der Waals surface area contributed by atoms with Crippen molar-refractivity contribution in [2.45, 2.75) is 12.4 Å². The summed E-state index contributed by atoms with van der Waals surface area (Å²) < 4.78 is 78.0. The maximum absolute atomic E-state index is 13.4. The molecule has 0 saturated heterocycles. The van der Waals surface area contributed by atoms with Crippen molar-refractivity contribution < 1.29 is 36.2 Å². The highest BCUT2D eigenvalue weighted by Gasteiger charge is 2.40. The first-order valence-corrected chi connectivity index (χ1v) is 8.58. The molecule has 2 aromatic carbocycles. The van der Waals surface area contributed by atoms with Crippen LogP contribution in [0.4, 0.5) is 49.1 Å². The second kappa shape index (κ2) is 7.78. The van der Waals surface area contributed by atoms with Crippen LogP contribution in [0.1, 0.15) is 11.1 Å². The molecule has 0 saturated carbocycles. The molecular formula is C14H5Br2F6N3O4. The number of nitro benzene ring substituents is 2. The zero-order valence-corrected chi connectivity index (χ0v) is 16.5. The summed E-state index contributed by atoms with van der Waals surface area (Å²) >= 11 is 5.30. The van der Waals surface area contributed by atoms with Crippen molar-refractivity contribution in [1.82, 2.24) is 0 Å². The van der Waals surface area contributed by atoms with E-state index in [0.29, 0.717) is 6.07 Å². The lowest BCUT2D eigenvalue weighted by Crippen LogP contribution is -2.12. The van der Waals surface area contributed by atoms with Crippen LogP contribution in [0.15, 0.2) is 33.2 Å². The van der Waals surface area contributed by atoms with E-state index in [4.69, 9.17) is 0 Å². The molecule has 0 aliphatic rings. The zero-order chi connectivity index (χ0) is 22.3. The van der Waals surface area contributed by atoms with Crippen molar-refractivity contribution in [3.63, 3.8) is 0 Å². The van der Waals surface area contributed by atoms with Gasteiger partial charge in [-0.05, 0) is 12.1 Å². The first kappa shape index (κ1) is 22.9. The molecule has 0 aliphatic carbocycles. The number of non-ortho nitro benzene ring substituents is 1. The van der Waals surface area contributed by atoms with Gasteiger partial charge in [-0.2, -0.15) is 26.3 Å². The Morgan fingerprint density at radius 2 is 1.34 bits per heavy atom. The zero-order valence-electron chi connectivity index (χ0n) is 13.4. The highest BCUT2D eigenvalue weighted by atomic mass is 79.9. The van der Waals surface area contributed by atoms with Gasteiger partial charge in [0.25, 0.3) is 11.4 Å². The number of nitrogens with zero attached hydrogens (tertiary/aromatic N) is 2. The number of halogens is 8. The Morgan fingerprint density at radius 3 is 1.72 bits per heavy atom. The molecule has 7 nitrogen and oxygen atoms in total. The number of nitrogens with one attached hydrogen (secondary N) is 1. The standard InChI is InChI=1S/C14H5Br2F6N3O4/c15-8-1-5(2-9(16)11(8)14(20,21)22)23-12-7(13(17,18)19)3-6(24(26)27)4-10(12)25(28)29/h1-4,23H. The average Bonchev–Trinajstić information content (AvgIpc) is 2.51. The SMILES string of the molecule is O=[N+]([O-])c1cc([N+](=O)[O-])c(Nc2cc(Br)c(C(F)(F)F)c(Br)c2)c(C(F)(F)F)c1. The second-order valence-corrected chi connectivity index (χ2v) is 7.05. The first-order valence-electron chi connectivity index (χ1n) is 7.00. The lowest BCUT2D eigenvalue weighted by atomic mass is 10.1. The summed E-state index contributed by atoms with van der Waals surface area (Å²) in [5.41, 5.74) is -6.88. The van der Waals surface area contributed by atoms with E-state index >= 15 is 0 Å². The van der Waals surface area contributed by atoms with Crippen LogP contribution >= 0.6 is 31.9 Å². The van der Waals surface area contributed by atoms with Gasteiger partial charge < -0.3 is 5.32 Å². The summed E-state index contributed by atoms with van der Waals surface area (Å²) in [6.45, 7) is 0. The molecule has 2 aromatic rings. The Balaban J connectivity index is 2.72. The van der Waals surface area contributed by atoms with E-state index in [1.165, 1.54) is 0 Å². The fourth-order valence-corrected chi connectivity index (χ4v) is 3.91. The molecule has 0 atom stereocenters. The fourth-order valence-electron chi connectivity index (χ4n) is 2.28. The molecule has 2 rings (SSSR count). The van der Waals surface area contributed by atoms with Crippen LogP contribution in [-0.2, 0) is 12.4 Å². The van der Waals surface area contributed by atoms with Crippen molar-refractivity contribution >= 4 is 54.6 Å². The quantitative estimate of drug-likeness (QED) is 0.255. The fraction of sp³-hybridized carbons (Fsp3) is 0.143. The Morgan fingerprint density at radius 1 is 0.828 bits per heavy atom. The van der Waals surface area contributed by atoms with E-state index in [-0.39, 0.29) is 11.8 Å². The molecule has 0 bridgehead atoms. The monoisotopic (exact) mass is 551 g/mol. The molecule has 0 heterocycles. The lowest BCUT2D eigenvalue weighted by molar-refractivity contribution is -0.394. The Labute approximate surface area is 173 Å². The maximum Gasteiger partial charge on any atom is 0.418 e. The van der Waals surface area contributed by atoms with Gasteiger partial charge >= 0.3 is 12.4 Å². The second-order valence-electron chi connectivity index (χ2n) is 5.34. The lowest BCUT2D eigenvalue weighted by Gasteiger charge is -2.17. The van der Waals surface area contributed by atoms with Gasteiger partial charge in [0.1, 0.15) is 5.69 Å². The van der Waals surface area contributed by atoms with Crippen molar-refractivity contribution in [3.8, 4) is 0 Å². The molecule has 0 unspecified atom stereocenters. The molecule has 15 heteroatoms. The molecule has 0 aromatic heterocycles. The van der Waals surface area contributed by atoms with E-state index in [1.807, 2.05) is 5.32 Å². The minimum absolute atomic E-state index is 0.0868. The molecule has 0 spiro atoms. The van der Waals surface area contributed by atoms with Crippen LogP contribution in [0.3, 0.4) is 0 Å². The summed E-state index contributed by atoms with van der Waals surface area (Å²) in [5, 5.41) is 24.1. The number of benzene rings is 2. The predicted octanol–water partition coefficient (Wildman–Crippen LogP) is 6.81. The molecule has 0 amide bonds. The normalized spacial score (nSPS) is 12.0. The summed E-state index contributed by atoms with van der Waals surface area (Å²) in [4.78, 5) is 19.5. The van der Waals surface area contributed by atoms with Crippen molar-refractivity contribution in [2.24, 2.45) is 0 Å². The van der Waals surface area contributed by atoms with Crippen molar-refractivity contribution in [3.05, 3.63) is 64.6 Å². The van der Waals surface area contributed by atoms with Gasteiger partial charge in [-0.3, -0.25) is 20.2 Å². The Kier molecular flexibility index (Phi) is 6.13. The molecule has 0 radical (unpaired) electrons. The third kappa shape index (κ3) is 4.95. The first-order chi connectivity index (χ1) is 13.1. The topological polar surface area (TPSA) is 98.3 Å². The van der Waals surface area contributed by atoms with Crippen molar-refractivity contribution in [2.75, 3.05) is 5.32 Å². The summed E-state index contributed by atoms with van der Waals surface area (Å²) in [7, 11) is 0. The maximum atomic E-state index is 13.4. The van der Waals surface area contributed by atoms with E-state index in [0.717, 1.165) is 12.1 Å². The average molecular weight is 553 g/mol. The van der Waals surface area contributed by atoms with E-state index in [2.05, 4.69) is 31.9 Å². The third-order valence-electron chi connectivity index (χ3n) is 3.41. The summed E-state index contributed by atoms with van der Waals surface area (Å²) in [6.07, 6.45) is -10.0. The van der Waals surface area contributed by atoms with Crippen LogP contribution in [-0.4, -0.2) is 9.85 Å². The molecule has 29 heavy (non-hydrogen) atoms. The van der Waals surface area contributed by atoms with Crippen LogP contribution < -0.4 is 5.32 Å². The third-order valence-corrected chi connectivity index (χ3v) is 4.66. The predicted molar refractivity (Wildman–Crippen MR) is 94.9 cm³/mol. The molecule has 156 valence electrons. The number of anilines is 2. The highest BCUT2D eigenvalue weighted by Crippen LogP contribution is 2.46.